The molecule has 0 spiro atoms. The minimum Gasteiger partial charge on any atom is -0.463 e. The summed E-state index contributed by atoms with van der Waals surface area (Å²) in [4.78, 5) is 22.5. The molecular weight excluding hydrogens is 266 g/mol. The van der Waals surface area contributed by atoms with Crippen LogP contribution in [0.15, 0.2) is 0 Å². The fraction of sp³-hybridized carbons (Fsp3) is 0.846. The van der Waals surface area contributed by atoms with Crippen molar-refractivity contribution in [2.75, 3.05) is 5.75 Å². The number of hydrogen-bond donors (Lipinski definition) is 1. The average molecular weight is 287 g/mol. The number of amides is 1. The Morgan fingerprint density at radius 1 is 1.53 bits per heavy atom. The van der Waals surface area contributed by atoms with Gasteiger partial charge >= 0.3 is 12.1 Å². The van der Waals surface area contributed by atoms with Crippen molar-refractivity contribution in [1.82, 2.24) is 5.32 Å². The second-order valence-electron chi connectivity index (χ2n) is 5.27. The van der Waals surface area contributed by atoms with Crippen LogP contribution < -0.4 is 5.32 Å². The smallest absolute Gasteiger partial charge is 0.407 e. The number of carbonyl (C=O) groups excluding carboxylic acids is 2. The summed E-state index contributed by atoms with van der Waals surface area (Å²) in [5.74, 6) is 0.758. The third-order valence-electron chi connectivity index (χ3n) is 3.31. The maximum Gasteiger partial charge on any atom is 0.407 e. The molecule has 3 atom stereocenters. The molecule has 19 heavy (non-hydrogen) atoms. The lowest BCUT2D eigenvalue weighted by Crippen LogP contribution is -2.36. The summed E-state index contributed by atoms with van der Waals surface area (Å²) in [6.07, 6.45) is 3.01. The fourth-order valence-electron chi connectivity index (χ4n) is 2.47. The first-order valence-electron chi connectivity index (χ1n) is 6.84. The molecule has 0 radical (unpaired) electrons. The van der Waals surface area contributed by atoms with Crippen LogP contribution in [0.3, 0.4) is 0 Å². The molecule has 0 bridgehead atoms. The van der Waals surface area contributed by atoms with Crippen LogP contribution in [-0.2, 0) is 14.3 Å². The van der Waals surface area contributed by atoms with E-state index in [1.807, 2.05) is 25.6 Å². The van der Waals surface area contributed by atoms with E-state index in [9.17, 15) is 9.59 Å². The molecule has 1 amide bonds. The molecule has 2 fully saturated rings. The molecule has 2 aliphatic rings. The zero-order valence-electron chi connectivity index (χ0n) is 11.4. The number of fused-ring (bicyclic) bond motifs is 1. The Bertz CT molecular complexity index is 348. The van der Waals surface area contributed by atoms with E-state index in [-0.39, 0.29) is 30.3 Å². The monoisotopic (exact) mass is 287 g/mol. The third kappa shape index (κ3) is 4.03. The van der Waals surface area contributed by atoms with Crippen LogP contribution in [0.5, 0.6) is 0 Å². The molecule has 0 aliphatic carbocycles. The van der Waals surface area contributed by atoms with Crippen molar-refractivity contribution in [1.29, 1.82) is 0 Å². The van der Waals surface area contributed by atoms with Crippen LogP contribution in [0, 0.1) is 0 Å². The molecule has 0 aromatic carbocycles. The molecule has 0 saturated carbocycles. The lowest BCUT2D eigenvalue weighted by Gasteiger charge is -2.15. The van der Waals surface area contributed by atoms with Crippen molar-refractivity contribution in [2.45, 2.75) is 63.0 Å². The topological polar surface area (TPSA) is 64.6 Å². The van der Waals surface area contributed by atoms with E-state index in [4.69, 9.17) is 9.47 Å². The van der Waals surface area contributed by atoms with Crippen LogP contribution in [0.1, 0.15) is 39.5 Å². The number of esters is 1. The van der Waals surface area contributed by atoms with Crippen LogP contribution >= 0.6 is 11.8 Å². The number of unbranched alkanes of at least 4 members (excludes halogenated alkanes) is 1. The molecule has 3 unspecified atom stereocenters. The first kappa shape index (κ1) is 14.5. The number of nitrogens with one attached hydrogen (secondary N) is 1. The molecule has 2 aliphatic heterocycles. The summed E-state index contributed by atoms with van der Waals surface area (Å²) >= 11 is 1.85. The van der Waals surface area contributed by atoms with Gasteiger partial charge in [0, 0.05) is 17.4 Å². The maximum atomic E-state index is 11.4. The van der Waals surface area contributed by atoms with Crippen molar-refractivity contribution >= 4 is 23.8 Å². The Labute approximate surface area is 117 Å². The predicted molar refractivity (Wildman–Crippen MR) is 73.1 cm³/mol. The van der Waals surface area contributed by atoms with E-state index in [2.05, 4.69) is 5.32 Å². The van der Waals surface area contributed by atoms with Gasteiger partial charge in [0.25, 0.3) is 0 Å². The van der Waals surface area contributed by atoms with Crippen LogP contribution in [0.4, 0.5) is 4.79 Å². The Balaban J connectivity index is 1.61. The Hall–Kier alpha value is -0.910. The van der Waals surface area contributed by atoms with Gasteiger partial charge in [-0.25, -0.2) is 4.79 Å². The highest BCUT2D eigenvalue weighted by Gasteiger charge is 2.44. The number of thioether (sulfide) groups is 1. The molecule has 1 N–H and O–H groups in total. The molecule has 2 heterocycles. The van der Waals surface area contributed by atoms with Gasteiger partial charge in [0.2, 0.25) is 0 Å². The highest BCUT2D eigenvalue weighted by molar-refractivity contribution is 8.00. The van der Waals surface area contributed by atoms with Crippen LogP contribution in [0.2, 0.25) is 0 Å². The summed E-state index contributed by atoms with van der Waals surface area (Å²) in [7, 11) is 0. The summed E-state index contributed by atoms with van der Waals surface area (Å²) < 4.78 is 10.2. The molecule has 2 rings (SSSR count). The maximum absolute atomic E-state index is 11.4. The van der Waals surface area contributed by atoms with Crippen LogP contribution in [0.25, 0.3) is 0 Å². The van der Waals surface area contributed by atoms with Gasteiger partial charge in [0.15, 0.2) is 0 Å². The lowest BCUT2D eigenvalue weighted by atomic mass is 10.0. The first-order chi connectivity index (χ1) is 9.06. The van der Waals surface area contributed by atoms with Gasteiger partial charge in [-0.15, -0.1) is 0 Å². The number of hydrogen-bond acceptors (Lipinski definition) is 5. The second-order valence-corrected chi connectivity index (χ2v) is 6.54. The van der Waals surface area contributed by atoms with E-state index < -0.39 is 0 Å². The van der Waals surface area contributed by atoms with Crippen molar-refractivity contribution in [3.63, 3.8) is 0 Å². The normalized spacial score (nSPS) is 29.0. The van der Waals surface area contributed by atoms with Gasteiger partial charge in [-0.05, 0) is 26.7 Å². The van der Waals surface area contributed by atoms with Gasteiger partial charge in [-0.1, -0.05) is 6.42 Å². The average Bonchev–Trinajstić information content (AvgIpc) is 2.83. The number of rotatable bonds is 6. The van der Waals surface area contributed by atoms with E-state index >= 15 is 0 Å². The summed E-state index contributed by atoms with van der Waals surface area (Å²) in [6.45, 7) is 3.71. The Morgan fingerprint density at radius 3 is 3.05 bits per heavy atom. The second kappa shape index (κ2) is 6.50. The van der Waals surface area contributed by atoms with Gasteiger partial charge in [0.05, 0.1) is 12.1 Å². The standard InChI is InChI=1S/C13H21NO4S/c1-8(2)17-11(15)6-4-3-5-10-12-9(7-19-10)18-13(16)14-12/h8-10,12H,3-7H2,1-2H3,(H,14,16). The molecule has 108 valence electrons. The summed E-state index contributed by atoms with van der Waals surface area (Å²) in [6, 6.07) is 0.153. The summed E-state index contributed by atoms with van der Waals surface area (Å²) in [5.41, 5.74) is 0. The van der Waals surface area contributed by atoms with Gasteiger partial charge in [0.1, 0.15) is 6.10 Å². The predicted octanol–water partition coefficient (Wildman–Crippen LogP) is 2.09. The van der Waals surface area contributed by atoms with E-state index in [0.717, 1.165) is 25.0 Å². The van der Waals surface area contributed by atoms with Crippen molar-refractivity contribution in [3.05, 3.63) is 0 Å². The Morgan fingerprint density at radius 2 is 2.32 bits per heavy atom. The van der Waals surface area contributed by atoms with Gasteiger partial charge in [-0.2, -0.15) is 11.8 Å². The zero-order chi connectivity index (χ0) is 13.8. The molecule has 5 nitrogen and oxygen atoms in total. The molecule has 6 heteroatoms. The quantitative estimate of drug-likeness (QED) is 0.598. The first-order valence-corrected chi connectivity index (χ1v) is 7.89. The van der Waals surface area contributed by atoms with Crippen molar-refractivity contribution in [3.8, 4) is 0 Å². The minimum atomic E-state index is -0.291. The summed E-state index contributed by atoms with van der Waals surface area (Å²) in [5, 5.41) is 3.28. The van der Waals surface area contributed by atoms with Gasteiger partial charge in [-0.3, -0.25) is 4.79 Å². The van der Waals surface area contributed by atoms with E-state index in [1.54, 1.807) is 0 Å². The fourth-order valence-corrected chi connectivity index (χ4v) is 3.96. The zero-order valence-corrected chi connectivity index (χ0v) is 12.2. The molecule has 2 saturated heterocycles. The number of alkyl carbamates (subject to hydrolysis) is 1. The van der Waals surface area contributed by atoms with Crippen LogP contribution in [-0.4, -0.2) is 41.3 Å². The largest absolute Gasteiger partial charge is 0.463 e. The molecule has 0 aromatic rings. The lowest BCUT2D eigenvalue weighted by molar-refractivity contribution is -0.147. The molecule has 0 aromatic heterocycles. The highest BCUT2D eigenvalue weighted by atomic mass is 32.2. The highest BCUT2D eigenvalue weighted by Crippen LogP contribution is 2.35. The van der Waals surface area contributed by atoms with Gasteiger partial charge < -0.3 is 14.8 Å². The van der Waals surface area contributed by atoms with Crippen molar-refractivity contribution in [2.24, 2.45) is 0 Å². The molecular formula is C13H21NO4S. The number of ether oxygens (including phenoxy) is 2. The SMILES string of the molecule is CC(C)OC(=O)CCCCC1SCC2OC(=O)NC21. The number of carbonyl (C=O) groups is 2. The minimum absolute atomic E-state index is 0.0356. The Kier molecular flexibility index (Phi) is 4.96. The van der Waals surface area contributed by atoms with Crippen molar-refractivity contribution < 1.29 is 19.1 Å². The van der Waals surface area contributed by atoms with E-state index in [1.165, 1.54) is 0 Å². The third-order valence-corrected chi connectivity index (χ3v) is 4.78. The van der Waals surface area contributed by atoms with E-state index in [0.29, 0.717) is 11.7 Å².